The second kappa shape index (κ2) is 6.04. The predicted molar refractivity (Wildman–Crippen MR) is 71.3 cm³/mol. The summed E-state index contributed by atoms with van der Waals surface area (Å²) in [5, 5.41) is 2.89. The van der Waals surface area contributed by atoms with Crippen molar-refractivity contribution in [2.75, 3.05) is 13.8 Å². The Morgan fingerprint density at radius 2 is 2.11 bits per heavy atom. The molecule has 0 aliphatic rings. The van der Waals surface area contributed by atoms with Gasteiger partial charge in [-0.25, -0.2) is 9.37 Å². The van der Waals surface area contributed by atoms with Crippen LogP contribution in [0.3, 0.4) is 0 Å². The molecular weight excluding hydrogens is 251 g/mol. The van der Waals surface area contributed by atoms with E-state index in [0.717, 1.165) is 16.1 Å². The molecule has 0 fully saturated rings. The van der Waals surface area contributed by atoms with Gasteiger partial charge >= 0.3 is 0 Å². The summed E-state index contributed by atoms with van der Waals surface area (Å²) in [4.78, 5) is 4.24. The van der Waals surface area contributed by atoms with Gasteiger partial charge < -0.3 is 10.5 Å². The quantitative estimate of drug-likeness (QED) is 0.905. The summed E-state index contributed by atoms with van der Waals surface area (Å²) < 4.78 is 17.8. The van der Waals surface area contributed by atoms with Gasteiger partial charge in [0.15, 0.2) is 0 Å². The van der Waals surface area contributed by atoms with E-state index >= 15 is 0 Å². The normalized spacial score (nSPS) is 14.4. The van der Waals surface area contributed by atoms with Gasteiger partial charge in [-0.2, -0.15) is 0 Å². The average molecular weight is 266 g/mol. The Morgan fingerprint density at radius 3 is 2.61 bits per heavy atom. The van der Waals surface area contributed by atoms with Gasteiger partial charge in [0, 0.05) is 24.3 Å². The summed E-state index contributed by atoms with van der Waals surface area (Å²) in [7, 11) is 1.54. The minimum Gasteiger partial charge on any atom is -0.375 e. The van der Waals surface area contributed by atoms with Gasteiger partial charge in [0.25, 0.3) is 0 Å². The van der Waals surface area contributed by atoms with Gasteiger partial charge in [0.05, 0.1) is 12.1 Å². The fourth-order valence-corrected chi connectivity index (χ4v) is 2.46. The number of nitrogens with two attached hydrogens (primary N) is 1. The molecular formula is C13H15FN2OS. The summed E-state index contributed by atoms with van der Waals surface area (Å²) in [6.07, 6.45) is 1.35. The number of halogens is 1. The fraction of sp³-hybridized carbons (Fsp3) is 0.308. The first-order valence-corrected chi connectivity index (χ1v) is 6.48. The largest absolute Gasteiger partial charge is 0.375 e. The molecule has 0 aliphatic heterocycles. The van der Waals surface area contributed by atoms with E-state index in [0.29, 0.717) is 0 Å². The molecule has 0 spiro atoms. The first kappa shape index (κ1) is 13.1. The molecule has 0 aliphatic carbocycles. The lowest BCUT2D eigenvalue weighted by Crippen LogP contribution is -2.31. The van der Waals surface area contributed by atoms with Crippen molar-refractivity contribution in [2.45, 2.75) is 12.1 Å². The van der Waals surface area contributed by atoms with Crippen molar-refractivity contribution in [2.24, 2.45) is 5.73 Å². The Hall–Kier alpha value is -1.30. The zero-order valence-electron chi connectivity index (χ0n) is 10.0. The number of hydrogen-bond donors (Lipinski definition) is 1. The van der Waals surface area contributed by atoms with Crippen molar-refractivity contribution in [3.63, 3.8) is 0 Å². The predicted octanol–water partition coefficient (Wildman–Crippen LogP) is 2.79. The first-order valence-electron chi connectivity index (χ1n) is 5.60. The standard InChI is InChI=1S/C13H15FN2OS/c1-17-12(11(15)8-14)9-2-4-10(5-3-9)13-16-6-7-18-13/h2-7,11-12H,8,15H2,1H3/t11-,12-/m1/s1. The van der Waals surface area contributed by atoms with Gasteiger partial charge in [-0.05, 0) is 5.56 Å². The number of benzene rings is 1. The average Bonchev–Trinajstić information content (AvgIpc) is 2.94. The molecule has 1 aromatic carbocycles. The van der Waals surface area contributed by atoms with Crippen LogP contribution in [-0.2, 0) is 4.74 Å². The van der Waals surface area contributed by atoms with E-state index in [-0.39, 0.29) is 0 Å². The molecule has 0 saturated carbocycles. The van der Waals surface area contributed by atoms with Crippen molar-refractivity contribution < 1.29 is 9.13 Å². The molecule has 0 amide bonds. The van der Waals surface area contributed by atoms with Crippen molar-refractivity contribution in [3.05, 3.63) is 41.4 Å². The highest BCUT2D eigenvalue weighted by Crippen LogP contribution is 2.25. The molecule has 1 heterocycles. The number of rotatable bonds is 5. The molecule has 3 nitrogen and oxygen atoms in total. The van der Waals surface area contributed by atoms with E-state index in [1.807, 2.05) is 29.6 Å². The number of aromatic nitrogens is 1. The molecule has 0 radical (unpaired) electrons. The zero-order chi connectivity index (χ0) is 13.0. The van der Waals surface area contributed by atoms with Crippen LogP contribution in [0, 0.1) is 0 Å². The second-order valence-corrected chi connectivity index (χ2v) is 4.83. The lowest BCUT2D eigenvalue weighted by atomic mass is 10.0. The minimum atomic E-state index is -0.638. The van der Waals surface area contributed by atoms with Crippen LogP contribution < -0.4 is 5.73 Å². The lowest BCUT2D eigenvalue weighted by Gasteiger charge is -2.20. The SMILES string of the molecule is CO[C@H](c1ccc(-c2nccs2)cc1)[C@H](N)CF. The van der Waals surface area contributed by atoms with Gasteiger partial charge in [-0.1, -0.05) is 24.3 Å². The Morgan fingerprint density at radius 1 is 1.39 bits per heavy atom. The van der Waals surface area contributed by atoms with Crippen molar-refractivity contribution in [1.82, 2.24) is 4.98 Å². The molecule has 2 N–H and O–H groups in total. The highest BCUT2D eigenvalue weighted by Gasteiger charge is 2.19. The number of hydrogen-bond acceptors (Lipinski definition) is 4. The van der Waals surface area contributed by atoms with Crippen LogP contribution in [0.15, 0.2) is 35.8 Å². The van der Waals surface area contributed by atoms with Gasteiger partial charge in [-0.15, -0.1) is 11.3 Å². The molecule has 0 unspecified atom stereocenters. The molecule has 96 valence electrons. The summed E-state index contributed by atoms with van der Waals surface area (Å²) >= 11 is 1.58. The van der Waals surface area contributed by atoms with Crippen LogP contribution in [0.25, 0.3) is 10.6 Å². The number of nitrogens with zero attached hydrogens (tertiary/aromatic N) is 1. The monoisotopic (exact) mass is 266 g/mol. The first-order chi connectivity index (χ1) is 8.76. The van der Waals surface area contributed by atoms with Crippen LogP contribution in [-0.4, -0.2) is 24.8 Å². The molecule has 2 aromatic rings. The highest BCUT2D eigenvalue weighted by atomic mass is 32.1. The van der Waals surface area contributed by atoms with Crippen LogP contribution in [0.5, 0.6) is 0 Å². The molecule has 18 heavy (non-hydrogen) atoms. The summed E-state index contributed by atoms with van der Waals surface area (Å²) in [6, 6.07) is 7.07. The Kier molecular flexibility index (Phi) is 4.41. The van der Waals surface area contributed by atoms with E-state index in [1.165, 1.54) is 7.11 Å². The maximum atomic E-state index is 12.6. The topological polar surface area (TPSA) is 48.1 Å². The van der Waals surface area contributed by atoms with Crippen LogP contribution in [0.4, 0.5) is 4.39 Å². The Bertz CT molecular complexity index is 472. The molecule has 1 aromatic heterocycles. The third kappa shape index (κ3) is 2.75. The third-order valence-electron chi connectivity index (χ3n) is 2.74. The van der Waals surface area contributed by atoms with E-state index in [4.69, 9.17) is 10.5 Å². The van der Waals surface area contributed by atoms with Gasteiger partial charge in [-0.3, -0.25) is 0 Å². The van der Waals surface area contributed by atoms with Crippen LogP contribution in [0.1, 0.15) is 11.7 Å². The van der Waals surface area contributed by atoms with Gasteiger partial charge in [0.2, 0.25) is 0 Å². The molecule has 0 saturated heterocycles. The fourth-order valence-electron chi connectivity index (χ4n) is 1.82. The summed E-state index contributed by atoms with van der Waals surface area (Å²) in [6.45, 7) is -0.604. The Labute approximate surface area is 109 Å². The molecule has 2 atom stereocenters. The van der Waals surface area contributed by atoms with E-state index in [2.05, 4.69) is 4.98 Å². The zero-order valence-corrected chi connectivity index (χ0v) is 10.9. The maximum Gasteiger partial charge on any atom is 0.123 e. The maximum absolute atomic E-state index is 12.6. The molecule has 2 rings (SSSR count). The van der Waals surface area contributed by atoms with E-state index in [1.54, 1.807) is 17.5 Å². The summed E-state index contributed by atoms with van der Waals surface area (Å²) in [5.41, 5.74) is 7.60. The lowest BCUT2D eigenvalue weighted by molar-refractivity contribution is 0.0721. The van der Waals surface area contributed by atoms with Crippen LogP contribution in [0.2, 0.25) is 0 Å². The van der Waals surface area contributed by atoms with E-state index in [9.17, 15) is 4.39 Å². The highest BCUT2D eigenvalue weighted by molar-refractivity contribution is 7.13. The number of thiazole rings is 1. The molecule has 5 heteroatoms. The summed E-state index contributed by atoms with van der Waals surface area (Å²) in [5.74, 6) is 0. The second-order valence-electron chi connectivity index (χ2n) is 3.93. The smallest absolute Gasteiger partial charge is 0.123 e. The van der Waals surface area contributed by atoms with Crippen molar-refractivity contribution in [3.8, 4) is 10.6 Å². The van der Waals surface area contributed by atoms with Gasteiger partial charge in [0.1, 0.15) is 11.7 Å². The molecule has 0 bridgehead atoms. The van der Waals surface area contributed by atoms with Crippen molar-refractivity contribution in [1.29, 1.82) is 0 Å². The number of ether oxygens (including phenoxy) is 1. The number of alkyl halides is 1. The van der Waals surface area contributed by atoms with Crippen molar-refractivity contribution >= 4 is 11.3 Å². The Balaban J connectivity index is 2.21. The third-order valence-corrected chi connectivity index (χ3v) is 3.56. The van der Waals surface area contributed by atoms with Crippen LogP contribution >= 0.6 is 11.3 Å². The minimum absolute atomic E-state index is 0.416. The van der Waals surface area contributed by atoms with E-state index < -0.39 is 18.8 Å². The number of methoxy groups -OCH3 is 1.